The number of rotatable bonds is 4. The van der Waals surface area contributed by atoms with Crippen LogP contribution in [-0.2, 0) is 0 Å². The molecule has 1 fully saturated rings. The lowest BCUT2D eigenvalue weighted by Crippen LogP contribution is -2.58. The molecule has 122 valence electrons. The zero-order chi connectivity index (χ0) is 16.1. The Morgan fingerprint density at radius 1 is 1.45 bits per heavy atom. The van der Waals surface area contributed by atoms with Gasteiger partial charge in [-0.15, -0.1) is 0 Å². The third-order valence-corrected chi connectivity index (χ3v) is 4.06. The number of anilines is 1. The second kappa shape index (κ2) is 7.42. The second-order valence-corrected chi connectivity index (χ2v) is 5.75. The zero-order valence-corrected chi connectivity index (χ0v) is 13.7. The number of amides is 2. The molecule has 0 aromatic carbocycles. The number of ether oxygens (including phenoxy) is 1. The Balaban J connectivity index is 1.93. The maximum Gasteiger partial charge on any atom is 0.320 e. The first-order valence-electron chi connectivity index (χ1n) is 7.46. The van der Waals surface area contributed by atoms with Gasteiger partial charge in [0.25, 0.3) is 0 Å². The average Bonchev–Trinajstić information content (AvgIpc) is 2.50. The van der Waals surface area contributed by atoms with Crippen molar-refractivity contribution >= 4 is 11.8 Å². The summed E-state index contributed by atoms with van der Waals surface area (Å²) in [6, 6.07) is 3.57. The Bertz CT molecular complexity index is 510. The van der Waals surface area contributed by atoms with Gasteiger partial charge < -0.3 is 15.0 Å². The van der Waals surface area contributed by atoms with E-state index in [0.29, 0.717) is 11.6 Å². The van der Waals surface area contributed by atoms with Gasteiger partial charge >= 0.3 is 6.03 Å². The topological polar surface area (TPSA) is 69.7 Å². The first kappa shape index (κ1) is 16.5. The Kier molecular flexibility index (Phi) is 5.57. The van der Waals surface area contributed by atoms with Gasteiger partial charge in [-0.3, -0.25) is 10.2 Å². The number of carbonyl (C=O) groups is 1. The molecule has 2 atom stereocenters. The minimum atomic E-state index is -0.272. The van der Waals surface area contributed by atoms with Crippen molar-refractivity contribution in [3.63, 3.8) is 0 Å². The van der Waals surface area contributed by atoms with Gasteiger partial charge in [-0.2, -0.15) is 0 Å². The van der Waals surface area contributed by atoms with E-state index in [1.165, 1.54) is 0 Å². The predicted molar refractivity (Wildman–Crippen MR) is 86.3 cm³/mol. The van der Waals surface area contributed by atoms with Crippen molar-refractivity contribution in [1.82, 2.24) is 20.1 Å². The van der Waals surface area contributed by atoms with Crippen LogP contribution in [-0.4, -0.2) is 73.7 Å². The molecule has 2 heterocycles. The molecule has 1 aliphatic rings. The number of methoxy groups -OCH3 is 1. The maximum absolute atomic E-state index is 12.2. The SMILES string of the molecule is COc1cccnc1NC(=O)NC(C)C1CN(C)CCN1C. The number of nitrogens with zero attached hydrogens (tertiary/aromatic N) is 3. The number of carbonyl (C=O) groups excluding carboxylic acids is 1. The van der Waals surface area contributed by atoms with Gasteiger partial charge in [-0.05, 0) is 33.2 Å². The minimum absolute atomic E-state index is 0.0301. The normalized spacial score (nSPS) is 21.2. The Labute approximate surface area is 131 Å². The summed E-state index contributed by atoms with van der Waals surface area (Å²) < 4.78 is 5.18. The molecule has 0 saturated carbocycles. The molecule has 0 bridgehead atoms. The Hall–Kier alpha value is -1.86. The van der Waals surface area contributed by atoms with Crippen LogP contribution in [0.2, 0.25) is 0 Å². The molecule has 2 amide bonds. The first-order valence-corrected chi connectivity index (χ1v) is 7.46. The van der Waals surface area contributed by atoms with Crippen molar-refractivity contribution in [2.24, 2.45) is 0 Å². The number of likely N-dealkylation sites (N-methyl/N-ethyl adjacent to an activating group) is 2. The molecular formula is C15H25N5O2. The molecule has 1 saturated heterocycles. The lowest BCUT2D eigenvalue weighted by molar-refractivity contribution is 0.0946. The van der Waals surface area contributed by atoms with Crippen LogP contribution >= 0.6 is 0 Å². The molecule has 2 N–H and O–H groups in total. The van der Waals surface area contributed by atoms with Gasteiger partial charge in [0.05, 0.1) is 7.11 Å². The van der Waals surface area contributed by atoms with Crippen LogP contribution in [0.1, 0.15) is 6.92 Å². The first-order chi connectivity index (χ1) is 10.5. The van der Waals surface area contributed by atoms with Crippen molar-refractivity contribution in [2.45, 2.75) is 19.0 Å². The smallest absolute Gasteiger partial charge is 0.320 e. The van der Waals surface area contributed by atoms with Crippen LogP contribution in [0.4, 0.5) is 10.6 Å². The number of urea groups is 1. The van der Waals surface area contributed by atoms with E-state index in [1.54, 1.807) is 25.4 Å². The summed E-state index contributed by atoms with van der Waals surface area (Å²) in [5, 5.41) is 5.73. The van der Waals surface area contributed by atoms with E-state index < -0.39 is 0 Å². The lowest BCUT2D eigenvalue weighted by Gasteiger charge is -2.40. The van der Waals surface area contributed by atoms with Gasteiger partial charge in [-0.1, -0.05) is 0 Å². The third-order valence-electron chi connectivity index (χ3n) is 4.06. The van der Waals surface area contributed by atoms with Gasteiger partial charge in [0, 0.05) is 37.9 Å². The van der Waals surface area contributed by atoms with Crippen LogP contribution < -0.4 is 15.4 Å². The summed E-state index contributed by atoms with van der Waals surface area (Å²) in [5.41, 5.74) is 0. The molecule has 0 radical (unpaired) electrons. The van der Waals surface area contributed by atoms with E-state index in [9.17, 15) is 4.79 Å². The van der Waals surface area contributed by atoms with Gasteiger partial charge in [0.1, 0.15) is 0 Å². The second-order valence-electron chi connectivity index (χ2n) is 5.75. The minimum Gasteiger partial charge on any atom is -0.493 e. The largest absolute Gasteiger partial charge is 0.493 e. The standard InChI is InChI=1S/C15H25N5O2/c1-11(12-10-19(2)8-9-20(12)3)17-15(21)18-14-13(22-4)6-5-7-16-14/h5-7,11-12H,8-10H2,1-4H3,(H2,16,17,18,21). The summed E-state index contributed by atoms with van der Waals surface area (Å²) in [4.78, 5) is 20.9. The van der Waals surface area contributed by atoms with Crippen LogP contribution in [0, 0.1) is 0 Å². The van der Waals surface area contributed by atoms with Crippen LogP contribution in [0.3, 0.4) is 0 Å². The monoisotopic (exact) mass is 307 g/mol. The van der Waals surface area contributed by atoms with E-state index in [0.717, 1.165) is 19.6 Å². The molecule has 7 nitrogen and oxygen atoms in total. The van der Waals surface area contributed by atoms with Gasteiger partial charge in [-0.25, -0.2) is 9.78 Å². The van der Waals surface area contributed by atoms with Crippen molar-refractivity contribution in [1.29, 1.82) is 0 Å². The van der Waals surface area contributed by atoms with Crippen LogP contribution in [0.15, 0.2) is 18.3 Å². The lowest BCUT2D eigenvalue weighted by atomic mass is 10.1. The van der Waals surface area contributed by atoms with Crippen LogP contribution in [0.5, 0.6) is 5.75 Å². The molecular weight excluding hydrogens is 282 g/mol. The zero-order valence-electron chi connectivity index (χ0n) is 13.7. The van der Waals surface area contributed by atoms with Crippen molar-refractivity contribution < 1.29 is 9.53 Å². The van der Waals surface area contributed by atoms with E-state index in [2.05, 4.69) is 39.5 Å². The highest BCUT2D eigenvalue weighted by molar-refractivity contribution is 5.89. The number of aromatic nitrogens is 1. The molecule has 7 heteroatoms. The van der Waals surface area contributed by atoms with Crippen molar-refractivity contribution in [3.8, 4) is 5.75 Å². The quantitative estimate of drug-likeness (QED) is 0.863. The van der Waals surface area contributed by atoms with Crippen molar-refractivity contribution in [3.05, 3.63) is 18.3 Å². The molecule has 0 spiro atoms. The number of piperazine rings is 1. The highest BCUT2D eigenvalue weighted by Gasteiger charge is 2.28. The average molecular weight is 307 g/mol. The molecule has 0 aliphatic carbocycles. The van der Waals surface area contributed by atoms with Gasteiger partial charge in [0.15, 0.2) is 11.6 Å². The number of hydrogen-bond acceptors (Lipinski definition) is 5. The number of hydrogen-bond donors (Lipinski definition) is 2. The highest BCUT2D eigenvalue weighted by atomic mass is 16.5. The fraction of sp³-hybridized carbons (Fsp3) is 0.600. The predicted octanol–water partition coefficient (Wildman–Crippen LogP) is 0.846. The maximum atomic E-state index is 12.2. The summed E-state index contributed by atoms with van der Waals surface area (Å²) in [7, 11) is 5.75. The molecule has 2 rings (SSSR count). The van der Waals surface area contributed by atoms with E-state index in [1.807, 2.05) is 6.92 Å². The Morgan fingerprint density at radius 3 is 2.95 bits per heavy atom. The molecule has 1 aromatic rings. The number of pyridine rings is 1. The third kappa shape index (κ3) is 4.08. The molecule has 22 heavy (non-hydrogen) atoms. The summed E-state index contributed by atoms with van der Waals surface area (Å²) in [5.74, 6) is 0.962. The van der Waals surface area contributed by atoms with E-state index in [-0.39, 0.29) is 18.1 Å². The summed E-state index contributed by atoms with van der Waals surface area (Å²) in [6.07, 6.45) is 1.62. The van der Waals surface area contributed by atoms with Crippen molar-refractivity contribution in [2.75, 3.05) is 46.2 Å². The van der Waals surface area contributed by atoms with Crippen LogP contribution in [0.25, 0.3) is 0 Å². The van der Waals surface area contributed by atoms with Gasteiger partial charge in [0.2, 0.25) is 0 Å². The highest BCUT2D eigenvalue weighted by Crippen LogP contribution is 2.19. The Morgan fingerprint density at radius 2 is 2.23 bits per heavy atom. The number of nitrogens with one attached hydrogen (secondary N) is 2. The van der Waals surface area contributed by atoms with E-state index in [4.69, 9.17) is 4.74 Å². The molecule has 2 unspecified atom stereocenters. The summed E-state index contributed by atoms with van der Waals surface area (Å²) >= 11 is 0. The van der Waals surface area contributed by atoms with E-state index >= 15 is 0 Å². The summed E-state index contributed by atoms with van der Waals surface area (Å²) in [6.45, 7) is 5.01. The molecule has 1 aromatic heterocycles. The fourth-order valence-corrected chi connectivity index (χ4v) is 2.68. The fourth-order valence-electron chi connectivity index (χ4n) is 2.68. The molecule has 1 aliphatic heterocycles.